The van der Waals surface area contributed by atoms with Gasteiger partial charge in [0.1, 0.15) is 11.2 Å². The molecule has 250 valence electrons. The normalized spacial score (nSPS) is 18.0. The van der Waals surface area contributed by atoms with Crippen LogP contribution in [-0.2, 0) is 5.41 Å². The highest BCUT2D eigenvalue weighted by Gasteiger charge is 2.38. The number of fused-ring (bicyclic) bond motifs is 10. The second-order valence-corrected chi connectivity index (χ2v) is 12.8. The number of hydrogen-bond donors (Lipinski definition) is 0. The molecule has 0 unspecified atom stereocenters. The zero-order valence-electron chi connectivity index (χ0n) is 43.4. The summed E-state index contributed by atoms with van der Waals surface area (Å²) in [7, 11) is 0. The Hall–Kier alpha value is -6.85. The van der Waals surface area contributed by atoms with E-state index < -0.39 is 130 Å². The maximum Gasteiger partial charge on any atom is 0.238 e. The molecule has 0 spiro atoms. The minimum absolute atomic E-state index is 0.00998. The van der Waals surface area contributed by atoms with Gasteiger partial charge in [-0.25, -0.2) is 4.98 Å². The summed E-state index contributed by atoms with van der Waals surface area (Å²) in [6.45, 7) is -7.40. The Morgan fingerprint density at radius 1 is 0.566 bits per heavy atom. The number of aromatic nitrogens is 4. The number of hydrogen-bond acceptors (Lipinski definition) is 4. The van der Waals surface area contributed by atoms with Crippen LogP contribution < -0.4 is 0 Å². The summed E-state index contributed by atoms with van der Waals surface area (Å²) < 4.78 is 153. The third-order valence-electron chi connectivity index (χ3n) is 9.80. The first kappa shape index (κ1) is 18.1. The summed E-state index contributed by atoms with van der Waals surface area (Å²) in [4.78, 5) is 14.7. The first-order chi connectivity index (χ1) is 32.7. The van der Waals surface area contributed by atoms with Gasteiger partial charge in [0.15, 0.2) is 11.6 Å². The monoisotopic (exact) mass is 696 g/mol. The van der Waals surface area contributed by atoms with E-state index in [-0.39, 0.29) is 11.6 Å². The highest BCUT2D eigenvalue weighted by Crippen LogP contribution is 2.52. The van der Waals surface area contributed by atoms with Gasteiger partial charge >= 0.3 is 0 Å². The Kier molecular flexibility index (Phi) is 3.78. The number of para-hydroxylation sites is 2. The topological polar surface area (TPSA) is 56.7 Å². The van der Waals surface area contributed by atoms with Gasteiger partial charge in [-0.05, 0) is 57.6 Å². The molecule has 10 aromatic rings. The molecule has 1 aliphatic carbocycles. The molecule has 0 saturated heterocycles. The standard InChI is InChI=1S/C48H32N4O/c1-48(2)39-17-9-6-14-33(39)37-26-27-38-34-15-7-10-18-40(34)52(44(38)43(37)48)47-50-45(31-22-20-30(21-23-31)29-12-4-3-5-13-29)49-46(51-47)32-24-25-36-35-16-8-11-19-41(35)53-42(36)28-32/h3-28H,1-2H3/i1D3,2D3,6D,7D,9D,10D,14D,15D,17D,18D,26D,27D. The van der Waals surface area contributed by atoms with Crippen molar-refractivity contribution in [1.29, 1.82) is 0 Å². The maximum atomic E-state index is 9.59. The molecule has 5 heteroatoms. The molecule has 0 saturated carbocycles. The van der Waals surface area contributed by atoms with Crippen LogP contribution in [0.15, 0.2) is 162 Å². The molecule has 3 heterocycles. The van der Waals surface area contributed by atoms with Crippen LogP contribution in [0.3, 0.4) is 0 Å². The van der Waals surface area contributed by atoms with Crippen LogP contribution >= 0.6 is 0 Å². The lowest BCUT2D eigenvalue weighted by atomic mass is 9.81. The Bertz CT molecular complexity index is 3870. The fraction of sp³-hybridized carbons (Fsp3) is 0.0625. The summed E-state index contributed by atoms with van der Waals surface area (Å²) in [5.74, 6) is -0.423. The molecule has 3 aromatic heterocycles. The number of nitrogens with zero attached hydrogens (tertiary/aromatic N) is 4. The second kappa shape index (κ2) is 11.1. The summed E-state index contributed by atoms with van der Waals surface area (Å²) in [5, 5.41) is 0.777. The molecule has 7 aromatic carbocycles. The largest absolute Gasteiger partial charge is 0.456 e. The van der Waals surface area contributed by atoms with E-state index in [4.69, 9.17) is 35.8 Å². The Labute approximate surface area is 328 Å². The molecule has 0 radical (unpaired) electrons. The van der Waals surface area contributed by atoms with Crippen molar-refractivity contribution in [2.75, 3.05) is 0 Å². The van der Waals surface area contributed by atoms with Crippen LogP contribution in [0.25, 0.3) is 94.7 Å². The van der Waals surface area contributed by atoms with Crippen molar-refractivity contribution in [3.8, 4) is 51.0 Å². The van der Waals surface area contributed by atoms with Gasteiger partial charge in [0, 0.05) is 46.3 Å². The molecule has 0 bridgehead atoms. The molecule has 0 amide bonds. The van der Waals surface area contributed by atoms with Gasteiger partial charge in [0.25, 0.3) is 0 Å². The first-order valence-electron chi connectivity index (χ1n) is 24.7. The first-order valence-corrected chi connectivity index (χ1v) is 16.7. The third kappa shape index (κ3) is 4.40. The van der Waals surface area contributed by atoms with Gasteiger partial charge in [0.2, 0.25) is 5.95 Å². The number of rotatable bonds is 4. The molecule has 0 fully saturated rings. The van der Waals surface area contributed by atoms with Crippen molar-refractivity contribution < 1.29 is 26.3 Å². The zero-order chi connectivity index (χ0) is 49.0. The zero-order valence-corrected chi connectivity index (χ0v) is 27.4. The van der Waals surface area contributed by atoms with E-state index in [9.17, 15) is 5.48 Å². The third-order valence-corrected chi connectivity index (χ3v) is 9.80. The van der Waals surface area contributed by atoms with E-state index in [0.29, 0.717) is 22.3 Å². The lowest BCUT2D eigenvalue weighted by Crippen LogP contribution is -2.17. The predicted molar refractivity (Wildman–Crippen MR) is 215 cm³/mol. The van der Waals surface area contributed by atoms with E-state index in [1.807, 2.05) is 72.8 Å². The highest BCUT2D eigenvalue weighted by atomic mass is 16.3. The van der Waals surface area contributed by atoms with E-state index >= 15 is 0 Å². The Morgan fingerprint density at radius 3 is 2.13 bits per heavy atom. The quantitative estimate of drug-likeness (QED) is 0.184. The van der Waals surface area contributed by atoms with Crippen LogP contribution in [0.4, 0.5) is 0 Å². The van der Waals surface area contributed by atoms with Crippen LogP contribution in [0.1, 0.15) is 46.8 Å². The lowest BCUT2D eigenvalue weighted by molar-refractivity contribution is 0.663. The molecular weight excluding hydrogens is 649 g/mol. The van der Waals surface area contributed by atoms with Gasteiger partial charge in [-0.3, -0.25) is 4.57 Å². The summed E-state index contributed by atoms with van der Waals surface area (Å²) in [6, 6.07) is 21.3. The Balaban J connectivity index is 1.34. The summed E-state index contributed by atoms with van der Waals surface area (Å²) in [5.41, 5.74) is -3.44. The van der Waals surface area contributed by atoms with Crippen LogP contribution in [-0.4, -0.2) is 19.5 Å². The number of benzene rings is 7. The number of furan rings is 1. The van der Waals surface area contributed by atoms with Gasteiger partial charge in [-0.1, -0.05) is 147 Å². The van der Waals surface area contributed by atoms with E-state index in [1.54, 1.807) is 24.3 Å². The predicted octanol–water partition coefficient (Wildman–Crippen LogP) is 12.2. The minimum Gasteiger partial charge on any atom is -0.456 e. The van der Waals surface area contributed by atoms with Gasteiger partial charge in [0.05, 0.1) is 24.7 Å². The van der Waals surface area contributed by atoms with Crippen molar-refractivity contribution in [2.45, 2.75) is 19.1 Å². The van der Waals surface area contributed by atoms with Gasteiger partial charge in [-0.15, -0.1) is 0 Å². The van der Waals surface area contributed by atoms with Crippen molar-refractivity contribution >= 4 is 43.7 Å². The molecule has 5 nitrogen and oxygen atoms in total. The fourth-order valence-corrected chi connectivity index (χ4v) is 7.35. The van der Waals surface area contributed by atoms with Crippen molar-refractivity contribution in [2.24, 2.45) is 0 Å². The molecular formula is C48H32N4O. The van der Waals surface area contributed by atoms with Gasteiger partial charge in [-0.2, -0.15) is 9.97 Å². The van der Waals surface area contributed by atoms with Crippen LogP contribution in [0.2, 0.25) is 0 Å². The summed E-state index contributed by atoms with van der Waals surface area (Å²) in [6.07, 6.45) is 0. The highest BCUT2D eigenvalue weighted by molar-refractivity contribution is 6.13. The average molecular weight is 697 g/mol. The smallest absolute Gasteiger partial charge is 0.238 e. The molecule has 53 heavy (non-hydrogen) atoms. The molecule has 0 N–H and O–H groups in total. The summed E-state index contributed by atoms with van der Waals surface area (Å²) >= 11 is 0. The van der Waals surface area contributed by atoms with Crippen LogP contribution in [0, 0.1) is 0 Å². The van der Waals surface area contributed by atoms with E-state index in [0.717, 1.165) is 26.5 Å². The molecule has 1 aliphatic rings. The van der Waals surface area contributed by atoms with E-state index in [1.165, 1.54) is 0 Å². The molecule has 0 atom stereocenters. The van der Waals surface area contributed by atoms with Gasteiger partial charge < -0.3 is 4.42 Å². The average Bonchev–Trinajstić information content (AvgIpc) is 4.00. The SMILES string of the molecule is [2H]c1c([2H])c([2H])c2c(c1[2H])-c1c([2H])c([2H])c3c4c([2H])c([2H])c([2H])c([2H])c4n(-c4nc(-c5ccc(-c6ccccc6)cc5)nc(-c5ccc6c(c5)oc5ccccc56)n4)c3c1C2(C([2H])([2H])[2H])C([2H])([2H])[2H]. The second-order valence-electron chi connectivity index (χ2n) is 12.8. The molecule has 0 aliphatic heterocycles. The van der Waals surface area contributed by atoms with Crippen LogP contribution in [0.5, 0.6) is 0 Å². The maximum absolute atomic E-state index is 9.59. The van der Waals surface area contributed by atoms with Crippen molar-refractivity contribution in [3.63, 3.8) is 0 Å². The van der Waals surface area contributed by atoms with E-state index in [2.05, 4.69) is 0 Å². The Morgan fingerprint density at radius 2 is 1.26 bits per heavy atom. The van der Waals surface area contributed by atoms with Crippen molar-refractivity contribution in [3.05, 3.63) is 169 Å². The minimum atomic E-state index is -3.70. The fourth-order valence-electron chi connectivity index (χ4n) is 7.35. The van der Waals surface area contributed by atoms with Crippen molar-refractivity contribution in [1.82, 2.24) is 19.5 Å². The molecule has 11 rings (SSSR count). The lowest BCUT2D eigenvalue weighted by Gasteiger charge is -2.23.